The van der Waals surface area contributed by atoms with E-state index in [0.29, 0.717) is 46.6 Å². The zero-order chi connectivity index (χ0) is 26.7. The number of ether oxygens (including phenoxy) is 1. The maximum absolute atomic E-state index is 13.3. The fourth-order valence-corrected chi connectivity index (χ4v) is 5.51. The summed E-state index contributed by atoms with van der Waals surface area (Å²) in [6, 6.07) is 12.4. The highest BCUT2D eigenvalue weighted by Gasteiger charge is 2.25. The molecule has 0 unspecified atom stereocenters. The number of aromatic nitrogens is 4. The first-order chi connectivity index (χ1) is 17.7. The van der Waals surface area contributed by atoms with Gasteiger partial charge in [0.2, 0.25) is 10.0 Å². The summed E-state index contributed by atoms with van der Waals surface area (Å²) in [6.45, 7) is 5.74. The van der Waals surface area contributed by atoms with Gasteiger partial charge < -0.3 is 14.8 Å². The third-order valence-corrected chi connectivity index (χ3v) is 7.58. The van der Waals surface area contributed by atoms with Crippen LogP contribution < -0.4 is 15.0 Å². The van der Waals surface area contributed by atoms with Gasteiger partial charge in [0.15, 0.2) is 5.52 Å². The average molecular weight is 526 g/mol. The predicted molar refractivity (Wildman–Crippen MR) is 141 cm³/mol. The van der Waals surface area contributed by atoms with E-state index in [-0.39, 0.29) is 16.3 Å². The second kappa shape index (κ2) is 10.8. The predicted octanol–water partition coefficient (Wildman–Crippen LogP) is 3.08. The molecule has 0 aliphatic carbocycles. The molecule has 0 amide bonds. The van der Waals surface area contributed by atoms with Crippen molar-refractivity contribution in [1.29, 1.82) is 0 Å². The van der Waals surface area contributed by atoms with E-state index in [9.17, 15) is 18.3 Å². The molecule has 0 aliphatic rings. The van der Waals surface area contributed by atoms with Crippen LogP contribution in [0.1, 0.15) is 44.6 Å². The first-order valence-electron chi connectivity index (χ1n) is 12.1. The molecule has 0 aliphatic heterocycles. The Morgan fingerprint density at radius 1 is 1.16 bits per heavy atom. The van der Waals surface area contributed by atoms with E-state index in [4.69, 9.17) is 4.74 Å². The number of hydrogen-bond acceptors (Lipinski definition) is 7. The van der Waals surface area contributed by atoms with E-state index in [1.54, 1.807) is 38.2 Å². The first kappa shape index (κ1) is 26.5. The van der Waals surface area contributed by atoms with Gasteiger partial charge in [-0.1, -0.05) is 43.7 Å². The lowest BCUT2D eigenvalue weighted by Gasteiger charge is -2.21. The zero-order valence-corrected chi connectivity index (χ0v) is 22.0. The molecule has 0 spiro atoms. The van der Waals surface area contributed by atoms with Crippen LogP contribution in [-0.4, -0.2) is 45.9 Å². The summed E-state index contributed by atoms with van der Waals surface area (Å²) in [7, 11) is -2.35. The molecular weight excluding hydrogens is 494 g/mol. The molecule has 4 aromatic rings. The molecule has 2 atom stereocenters. The van der Waals surface area contributed by atoms with Crippen LogP contribution in [0.3, 0.4) is 0 Å². The number of benzene rings is 2. The molecule has 0 radical (unpaired) electrons. The van der Waals surface area contributed by atoms with Crippen LogP contribution in [0.15, 0.2) is 58.2 Å². The van der Waals surface area contributed by atoms with Gasteiger partial charge in [0.25, 0.3) is 5.56 Å². The van der Waals surface area contributed by atoms with E-state index >= 15 is 0 Å². The minimum atomic E-state index is -4.04. The normalized spacial score (nSPS) is 13.5. The van der Waals surface area contributed by atoms with Gasteiger partial charge in [-0.15, -0.1) is 0 Å². The summed E-state index contributed by atoms with van der Waals surface area (Å²) >= 11 is 0. The van der Waals surface area contributed by atoms with Crippen molar-refractivity contribution >= 4 is 21.1 Å². The van der Waals surface area contributed by atoms with Crippen LogP contribution in [0, 0.1) is 0 Å². The molecule has 2 aromatic carbocycles. The van der Waals surface area contributed by atoms with Crippen molar-refractivity contribution in [2.24, 2.45) is 7.05 Å². The monoisotopic (exact) mass is 525 g/mol. The van der Waals surface area contributed by atoms with E-state index < -0.39 is 22.2 Å². The van der Waals surface area contributed by atoms with Gasteiger partial charge in [-0.2, -0.15) is 5.10 Å². The molecule has 4 rings (SSSR count). The Hall–Kier alpha value is -3.54. The van der Waals surface area contributed by atoms with Crippen molar-refractivity contribution in [2.75, 3.05) is 6.61 Å². The topological polar surface area (TPSA) is 139 Å². The summed E-state index contributed by atoms with van der Waals surface area (Å²) in [4.78, 5) is 20.3. The highest BCUT2D eigenvalue weighted by Crippen LogP contribution is 2.31. The summed E-state index contributed by atoms with van der Waals surface area (Å²) < 4.78 is 36.4. The van der Waals surface area contributed by atoms with Gasteiger partial charge in [0, 0.05) is 13.1 Å². The van der Waals surface area contributed by atoms with Gasteiger partial charge in [-0.25, -0.2) is 18.1 Å². The fourth-order valence-electron chi connectivity index (χ4n) is 4.24. The minimum Gasteiger partial charge on any atom is -0.493 e. The molecule has 10 nitrogen and oxygen atoms in total. The number of aromatic amines is 1. The second-order valence-electron chi connectivity index (χ2n) is 8.79. The van der Waals surface area contributed by atoms with Crippen LogP contribution in [0.25, 0.3) is 22.4 Å². The van der Waals surface area contributed by atoms with Gasteiger partial charge in [-0.3, -0.25) is 9.48 Å². The van der Waals surface area contributed by atoms with Gasteiger partial charge in [-0.05, 0) is 44.0 Å². The van der Waals surface area contributed by atoms with Crippen LogP contribution in [0.5, 0.6) is 5.75 Å². The van der Waals surface area contributed by atoms with Gasteiger partial charge >= 0.3 is 0 Å². The highest BCUT2D eigenvalue weighted by atomic mass is 32.2. The Labute approximate surface area is 215 Å². The van der Waals surface area contributed by atoms with Crippen LogP contribution in [-0.2, 0) is 23.5 Å². The summed E-state index contributed by atoms with van der Waals surface area (Å²) in [5, 5.41) is 15.1. The Morgan fingerprint density at radius 2 is 1.89 bits per heavy atom. The summed E-state index contributed by atoms with van der Waals surface area (Å²) in [5.74, 6) is 0.558. The molecule has 196 valence electrons. The third-order valence-electron chi connectivity index (χ3n) is 6.02. The number of hydrogen-bond donors (Lipinski definition) is 3. The average Bonchev–Trinajstić information content (AvgIpc) is 3.19. The van der Waals surface area contributed by atoms with Crippen molar-refractivity contribution in [3.05, 3.63) is 70.1 Å². The molecular formula is C26H31N5O5S. The second-order valence-corrected chi connectivity index (χ2v) is 10.5. The van der Waals surface area contributed by atoms with Crippen LogP contribution in [0.4, 0.5) is 0 Å². The molecule has 0 saturated carbocycles. The van der Waals surface area contributed by atoms with E-state index in [1.807, 2.05) is 19.9 Å². The quantitative estimate of drug-likeness (QED) is 0.289. The van der Waals surface area contributed by atoms with E-state index in [2.05, 4.69) is 19.8 Å². The van der Waals surface area contributed by atoms with Crippen molar-refractivity contribution in [3.63, 3.8) is 0 Å². The Morgan fingerprint density at radius 3 is 2.57 bits per heavy atom. The maximum atomic E-state index is 13.3. The molecule has 37 heavy (non-hydrogen) atoms. The zero-order valence-electron chi connectivity index (χ0n) is 21.2. The van der Waals surface area contributed by atoms with Crippen molar-refractivity contribution in [1.82, 2.24) is 24.5 Å². The fraction of sp³-hybridized carbons (Fsp3) is 0.346. The molecule has 0 bridgehead atoms. The minimum absolute atomic E-state index is 0.0548. The number of nitrogens with one attached hydrogen (secondary N) is 2. The molecule has 11 heteroatoms. The highest BCUT2D eigenvalue weighted by molar-refractivity contribution is 7.89. The van der Waals surface area contributed by atoms with Crippen molar-refractivity contribution < 1.29 is 18.3 Å². The number of aliphatic hydroxyl groups is 1. The van der Waals surface area contributed by atoms with Crippen LogP contribution >= 0.6 is 0 Å². The van der Waals surface area contributed by atoms with Gasteiger partial charge in [0.05, 0.1) is 28.9 Å². The Balaban J connectivity index is 1.76. The molecule has 0 saturated heterocycles. The maximum Gasteiger partial charge on any atom is 0.277 e. The van der Waals surface area contributed by atoms with Crippen molar-refractivity contribution in [3.8, 4) is 17.1 Å². The number of sulfonamides is 1. The lowest BCUT2D eigenvalue weighted by molar-refractivity contribution is 0.146. The molecule has 3 N–H and O–H groups in total. The number of H-pyrrole nitrogens is 1. The lowest BCUT2D eigenvalue weighted by Crippen LogP contribution is -2.37. The first-order valence-corrected chi connectivity index (χ1v) is 13.6. The summed E-state index contributed by atoms with van der Waals surface area (Å²) in [5.41, 5.74) is 2.05. The largest absolute Gasteiger partial charge is 0.493 e. The smallest absolute Gasteiger partial charge is 0.277 e. The van der Waals surface area contributed by atoms with E-state index in [1.165, 1.54) is 22.9 Å². The van der Waals surface area contributed by atoms with Crippen LogP contribution in [0.2, 0.25) is 0 Å². The third kappa shape index (κ3) is 5.43. The number of aliphatic hydroxyl groups excluding tert-OH is 1. The number of aryl methyl sites for hydroxylation is 2. The SMILES string of the molecule is CCCc1nn(C)c2c(=O)[nH]c(-c3cc(S(=O)(=O)N[C@H](C)[C@@H](O)c4ccccc4)ccc3OCC)nc12. The number of nitrogens with zero attached hydrogens (tertiary/aromatic N) is 3. The van der Waals surface area contributed by atoms with Gasteiger partial charge in [0.1, 0.15) is 17.1 Å². The molecule has 0 fully saturated rings. The number of fused-ring (bicyclic) bond motifs is 1. The molecule has 2 aromatic heterocycles. The summed E-state index contributed by atoms with van der Waals surface area (Å²) in [6.07, 6.45) is 0.430. The Kier molecular flexibility index (Phi) is 7.76. The number of rotatable bonds is 10. The lowest BCUT2D eigenvalue weighted by atomic mass is 10.0. The Bertz CT molecular complexity index is 1560. The molecule has 2 heterocycles. The van der Waals surface area contributed by atoms with Crippen molar-refractivity contribution in [2.45, 2.75) is 50.7 Å². The van der Waals surface area contributed by atoms with E-state index in [0.717, 1.165) is 6.42 Å². The standard InChI is InChI=1S/C26H31N5O5S/c1-5-10-20-22-23(31(4)29-20)26(33)28-25(27-22)19-15-18(13-14-21(19)36-6-2)37(34,35)30-16(3)24(32)17-11-8-7-9-12-17/h7-9,11-16,24,30,32H,5-6,10H2,1-4H3,(H,27,28,33)/t16-,24-/m1/s1.